The molecule has 0 aliphatic carbocycles. The molecule has 0 saturated carbocycles. The lowest BCUT2D eigenvalue weighted by atomic mass is 10.1. The third-order valence-corrected chi connectivity index (χ3v) is 3.22. The van der Waals surface area contributed by atoms with Gasteiger partial charge in [-0.15, -0.1) is 0 Å². The number of halogens is 1. The van der Waals surface area contributed by atoms with Gasteiger partial charge in [-0.3, -0.25) is 0 Å². The molecule has 5 heteroatoms. The molecule has 1 N–H and O–H groups in total. The van der Waals surface area contributed by atoms with Crippen LogP contribution in [0.5, 0.6) is 23.0 Å². The van der Waals surface area contributed by atoms with Gasteiger partial charge in [0.25, 0.3) is 0 Å². The zero-order valence-electron chi connectivity index (χ0n) is 11.3. The topological polar surface area (TPSA) is 47.9 Å². The average Bonchev–Trinajstić information content (AvgIpc) is 2.49. The number of phenols is 1. The van der Waals surface area contributed by atoms with Crippen LogP contribution in [0.25, 0.3) is 0 Å². The third kappa shape index (κ3) is 3.37. The van der Waals surface area contributed by atoms with Gasteiger partial charge >= 0.3 is 0 Å². The van der Waals surface area contributed by atoms with Crippen molar-refractivity contribution in [2.45, 2.75) is 19.2 Å². The summed E-state index contributed by atoms with van der Waals surface area (Å²) in [5.41, 5.74) is 0.936. The minimum atomic E-state index is -1.22. The van der Waals surface area contributed by atoms with Crippen molar-refractivity contribution in [3.63, 3.8) is 0 Å². The molecule has 110 valence electrons. The van der Waals surface area contributed by atoms with Gasteiger partial charge in [0.05, 0.1) is 0 Å². The lowest BCUT2D eigenvalue weighted by Gasteiger charge is -2.21. The van der Waals surface area contributed by atoms with E-state index in [2.05, 4.69) is 0 Å². The summed E-state index contributed by atoms with van der Waals surface area (Å²) < 4.78 is 29.1. The standard InChI is InChI=1S/C16H15FO4/c17-16-8-1-11-9-14(6-7-15(11)21-16)20-10-19-13-4-2-12(18)3-5-13/h2-7,9,16,18H,1,8,10H2. The number of fused-ring (bicyclic) bond motifs is 1. The zero-order valence-corrected chi connectivity index (χ0v) is 11.3. The largest absolute Gasteiger partial charge is 0.508 e. The Bertz CT molecular complexity index is 612. The molecular weight excluding hydrogens is 275 g/mol. The van der Waals surface area contributed by atoms with Crippen molar-refractivity contribution >= 4 is 0 Å². The monoisotopic (exact) mass is 290 g/mol. The molecular formula is C16H15FO4. The van der Waals surface area contributed by atoms with Crippen molar-refractivity contribution in [3.8, 4) is 23.0 Å². The SMILES string of the molecule is Oc1ccc(OCOc2ccc3c(c2)CCC(F)O3)cc1. The van der Waals surface area contributed by atoms with Crippen LogP contribution in [0, 0.1) is 0 Å². The highest BCUT2D eigenvalue weighted by Crippen LogP contribution is 2.31. The molecule has 2 aromatic carbocycles. The summed E-state index contributed by atoms with van der Waals surface area (Å²) in [4.78, 5) is 0. The molecule has 1 unspecified atom stereocenters. The number of ether oxygens (including phenoxy) is 3. The molecule has 1 heterocycles. The summed E-state index contributed by atoms with van der Waals surface area (Å²) in [6, 6.07) is 11.6. The minimum absolute atomic E-state index is 0.0517. The van der Waals surface area contributed by atoms with Gasteiger partial charge in [-0.05, 0) is 54.4 Å². The van der Waals surface area contributed by atoms with Gasteiger partial charge in [-0.25, -0.2) is 4.39 Å². The van der Waals surface area contributed by atoms with Gasteiger partial charge in [-0.2, -0.15) is 0 Å². The molecule has 3 rings (SSSR count). The Morgan fingerprint density at radius 3 is 2.62 bits per heavy atom. The Morgan fingerprint density at radius 2 is 1.81 bits per heavy atom. The molecule has 2 aromatic rings. The summed E-state index contributed by atoms with van der Waals surface area (Å²) >= 11 is 0. The van der Waals surface area contributed by atoms with E-state index in [0.29, 0.717) is 30.1 Å². The maximum atomic E-state index is 13.1. The van der Waals surface area contributed by atoms with Crippen LogP contribution in [-0.2, 0) is 6.42 Å². The fourth-order valence-electron chi connectivity index (χ4n) is 2.13. The van der Waals surface area contributed by atoms with Gasteiger partial charge in [0.1, 0.15) is 23.0 Å². The van der Waals surface area contributed by atoms with E-state index in [1.165, 1.54) is 0 Å². The van der Waals surface area contributed by atoms with E-state index in [0.717, 1.165) is 5.56 Å². The first kappa shape index (κ1) is 13.5. The number of benzene rings is 2. The first-order chi connectivity index (χ1) is 10.2. The van der Waals surface area contributed by atoms with Crippen molar-refractivity contribution in [1.29, 1.82) is 0 Å². The first-order valence-electron chi connectivity index (χ1n) is 6.69. The molecule has 0 radical (unpaired) electrons. The van der Waals surface area contributed by atoms with Crippen LogP contribution in [0.3, 0.4) is 0 Å². The maximum absolute atomic E-state index is 13.1. The highest BCUT2D eigenvalue weighted by Gasteiger charge is 2.18. The molecule has 1 aliphatic heterocycles. The molecule has 1 aliphatic rings. The molecule has 4 nitrogen and oxygen atoms in total. The van der Waals surface area contributed by atoms with Crippen molar-refractivity contribution in [3.05, 3.63) is 48.0 Å². The van der Waals surface area contributed by atoms with Gasteiger partial charge in [-0.1, -0.05) is 0 Å². The Balaban J connectivity index is 1.57. The summed E-state index contributed by atoms with van der Waals surface area (Å²) in [5, 5.41) is 9.17. The second-order valence-electron chi connectivity index (χ2n) is 4.74. The number of phenolic OH excluding ortho intramolecular Hbond substituents is 1. The van der Waals surface area contributed by atoms with E-state index in [-0.39, 0.29) is 12.5 Å². The van der Waals surface area contributed by atoms with Crippen molar-refractivity contribution in [2.75, 3.05) is 6.79 Å². The molecule has 0 bridgehead atoms. The quantitative estimate of drug-likeness (QED) is 0.876. The van der Waals surface area contributed by atoms with E-state index in [9.17, 15) is 4.39 Å². The molecule has 0 saturated heterocycles. The molecule has 0 amide bonds. The molecule has 0 spiro atoms. The number of aryl methyl sites for hydroxylation is 1. The summed E-state index contributed by atoms with van der Waals surface area (Å²) in [7, 11) is 0. The number of aromatic hydroxyl groups is 1. The van der Waals surface area contributed by atoms with Crippen LogP contribution in [0.2, 0.25) is 0 Å². The Labute approximate surface area is 121 Å². The molecule has 0 fully saturated rings. The number of hydrogen-bond acceptors (Lipinski definition) is 4. The zero-order chi connectivity index (χ0) is 14.7. The lowest BCUT2D eigenvalue weighted by molar-refractivity contribution is 0.0473. The number of hydrogen-bond donors (Lipinski definition) is 1. The second kappa shape index (κ2) is 5.91. The van der Waals surface area contributed by atoms with Gasteiger partial charge in [0.15, 0.2) is 0 Å². The highest BCUT2D eigenvalue weighted by atomic mass is 19.1. The van der Waals surface area contributed by atoms with Crippen LogP contribution >= 0.6 is 0 Å². The van der Waals surface area contributed by atoms with Gasteiger partial charge in [0, 0.05) is 6.42 Å². The maximum Gasteiger partial charge on any atom is 0.238 e. The fourth-order valence-corrected chi connectivity index (χ4v) is 2.13. The van der Waals surface area contributed by atoms with Gasteiger partial charge < -0.3 is 19.3 Å². The predicted molar refractivity (Wildman–Crippen MR) is 74.5 cm³/mol. The van der Waals surface area contributed by atoms with Crippen LogP contribution in [0.15, 0.2) is 42.5 Å². The normalized spacial score (nSPS) is 16.7. The third-order valence-electron chi connectivity index (χ3n) is 3.22. The number of alkyl halides is 1. The number of rotatable bonds is 4. The van der Waals surface area contributed by atoms with Gasteiger partial charge in [0.2, 0.25) is 13.2 Å². The van der Waals surface area contributed by atoms with E-state index < -0.39 is 6.36 Å². The first-order valence-corrected chi connectivity index (χ1v) is 6.69. The summed E-state index contributed by atoms with van der Waals surface area (Å²) in [5.74, 6) is 2.01. The van der Waals surface area contributed by atoms with E-state index >= 15 is 0 Å². The Morgan fingerprint density at radius 1 is 1.10 bits per heavy atom. The van der Waals surface area contributed by atoms with E-state index in [1.807, 2.05) is 6.07 Å². The Kier molecular flexibility index (Phi) is 3.81. The molecule has 1 atom stereocenters. The van der Waals surface area contributed by atoms with Crippen LogP contribution in [0.4, 0.5) is 4.39 Å². The summed E-state index contributed by atoms with van der Waals surface area (Å²) in [6.45, 7) is 0.0517. The lowest BCUT2D eigenvalue weighted by Crippen LogP contribution is -2.17. The van der Waals surface area contributed by atoms with Crippen LogP contribution < -0.4 is 14.2 Å². The average molecular weight is 290 g/mol. The van der Waals surface area contributed by atoms with Crippen molar-refractivity contribution in [2.24, 2.45) is 0 Å². The van der Waals surface area contributed by atoms with Crippen LogP contribution in [0.1, 0.15) is 12.0 Å². The van der Waals surface area contributed by atoms with E-state index in [1.54, 1.807) is 36.4 Å². The van der Waals surface area contributed by atoms with E-state index in [4.69, 9.17) is 19.3 Å². The minimum Gasteiger partial charge on any atom is -0.508 e. The molecule has 0 aromatic heterocycles. The summed E-state index contributed by atoms with van der Waals surface area (Å²) in [6.07, 6.45) is -0.227. The fraction of sp³-hybridized carbons (Fsp3) is 0.250. The smallest absolute Gasteiger partial charge is 0.238 e. The van der Waals surface area contributed by atoms with Crippen LogP contribution in [-0.4, -0.2) is 18.3 Å². The van der Waals surface area contributed by atoms with Crippen molar-refractivity contribution < 1.29 is 23.7 Å². The Hall–Kier alpha value is -2.43. The molecule has 21 heavy (non-hydrogen) atoms. The second-order valence-corrected chi connectivity index (χ2v) is 4.74. The van der Waals surface area contributed by atoms with Crippen molar-refractivity contribution in [1.82, 2.24) is 0 Å². The predicted octanol–water partition coefficient (Wildman–Crippen LogP) is 3.43. The highest BCUT2D eigenvalue weighted by molar-refractivity contribution is 5.41.